The van der Waals surface area contributed by atoms with Gasteiger partial charge < -0.3 is 10.0 Å². The molecule has 0 spiro atoms. The van der Waals surface area contributed by atoms with Crippen molar-refractivity contribution in [1.29, 1.82) is 0 Å². The van der Waals surface area contributed by atoms with Crippen molar-refractivity contribution in [2.75, 3.05) is 31.9 Å². The predicted molar refractivity (Wildman–Crippen MR) is 64.3 cm³/mol. The van der Waals surface area contributed by atoms with Crippen molar-refractivity contribution in [3.05, 3.63) is 0 Å². The van der Waals surface area contributed by atoms with Gasteiger partial charge >= 0.3 is 5.97 Å². The number of nitrogens with zero attached hydrogens (tertiary/aromatic N) is 1. The van der Waals surface area contributed by atoms with E-state index in [4.69, 9.17) is 5.11 Å². The second kappa shape index (κ2) is 6.93. The lowest BCUT2D eigenvalue weighted by Gasteiger charge is -2.19. The molecule has 0 aromatic carbocycles. The SMILES string of the molecule is O=C(O)CS(=O)(=O)NCCN1CCCCCC1. The lowest BCUT2D eigenvalue weighted by Crippen LogP contribution is -2.37. The van der Waals surface area contributed by atoms with Crippen LogP contribution < -0.4 is 4.72 Å². The molecule has 1 heterocycles. The smallest absolute Gasteiger partial charge is 0.320 e. The van der Waals surface area contributed by atoms with Gasteiger partial charge in [-0.15, -0.1) is 0 Å². The van der Waals surface area contributed by atoms with E-state index in [1.54, 1.807) is 0 Å². The van der Waals surface area contributed by atoms with Crippen molar-refractivity contribution < 1.29 is 18.3 Å². The minimum absolute atomic E-state index is 0.287. The molecule has 0 aromatic rings. The summed E-state index contributed by atoms with van der Waals surface area (Å²) < 4.78 is 24.8. The molecular formula is C10H20N2O4S. The summed E-state index contributed by atoms with van der Waals surface area (Å²) in [6, 6.07) is 0. The Bertz CT molecular complexity index is 334. The highest BCUT2D eigenvalue weighted by Crippen LogP contribution is 2.08. The summed E-state index contributed by atoms with van der Waals surface area (Å²) in [5.41, 5.74) is 0. The number of carboxylic acid groups (broad SMARTS) is 1. The molecule has 0 radical (unpaired) electrons. The molecular weight excluding hydrogens is 244 g/mol. The lowest BCUT2D eigenvalue weighted by molar-refractivity contribution is -0.134. The highest BCUT2D eigenvalue weighted by atomic mass is 32.2. The molecule has 0 aliphatic carbocycles. The van der Waals surface area contributed by atoms with Crippen molar-refractivity contribution in [2.24, 2.45) is 0 Å². The molecule has 1 aliphatic rings. The topological polar surface area (TPSA) is 86.7 Å². The molecule has 2 N–H and O–H groups in total. The molecule has 17 heavy (non-hydrogen) atoms. The molecule has 6 nitrogen and oxygen atoms in total. The number of carboxylic acids is 1. The van der Waals surface area contributed by atoms with E-state index in [0.29, 0.717) is 6.54 Å². The van der Waals surface area contributed by atoms with Crippen LogP contribution in [0.4, 0.5) is 0 Å². The van der Waals surface area contributed by atoms with Gasteiger partial charge in [0.15, 0.2) is 5.75 Å². The van der Waals surface area contributed by atoms with E-state index in [-0.39, 0.29) is 6.54 Å². The maximum atomic E-state index is 11.2. The number of rotatable bonds is 6. The molecule has 0 bridgehead atoms. The van der Waals surface area contributed by atoms with E-state index >= 15 is 0 Å². The van der Waals surface area contributed by atoms with Crippen LogP contribution in [0.1, 0.15) is 25.7 Å². The minimum atomic E-state index is -3.67. The van der Waals surface area contributed by atoms with E-state index in [9.17, 15) is 13.2 Å². The normalized spacial score (nSPS) is 18.8. The van der Waals surface area contributed by atoms with Gasteiger partial charge in [-0.2, -0.15) is 0 Å². The van der Waals surface area contributed by atoms with Gasteiger partial charge in [-0.3, -0.25) is 4.79 Å². The Morgan fingerprint density at radius 1 is 1.18 bits per heavy atom. The molecule has 0 aromatic heterocycles. The average molecular weight is 264 g/mol. The van der Waals surface area contributed by atoms with Crippen LogP contribution in [-0.2, 0) is 14.8 Å². The highest BCUT2D eigenvalue weighted by molar-refractivity contribution is 7.90. The largest absolute Gasteiger partial charge is 0.480 e. The first-order chi connectivity index (χ1) is 7.99. The Balaban J connectivity index is 2.24. The van der Waals surface area contributed by atoms with Crippen LogP contribution in [0.3, 0.4) is 0 Å². The van der Waals surface area contributed by atoms with Gasteiger partial charge in [-0.05, 0) is 25.9 Å². The maximum Gasteiger partial charge on any atom is 0.320 e. The summed E-state index contributed by atoms with van der Waals surface area (Å²) in [5.74, 6) is -2.18. The average Bonchev–Trinajstić information content (AvgIpc) is 2.43. The lowest BCUT2D eigenvalue weighted by atomic mass is 10.2. The van der Waals surface area contributed by atoms with Crippen LogP contribution in [0.2, 0.25) is 0 Å². The molecule has 7 heteroatoms. The minimum Gasteiger partial charge on any atom is -0.480 e. The number of nitrogens with one attached hydrogen (secondary N) is 1. The van der Waals surface area contributed by atoms with Gasteiger partial charge in [0.1, 0.15) is 0 Å². The van der Waals surface area contributed by atoms with Gasteiger partial charge in [-0.25, -0.2) is 13.1 Å². The van der Waals surface area contributed by atoms with Crippen LogP contribution in [-0.4, -0.2) is 56.3 Å². The molecule has 100 valence electrons. The van der Waals surface area contributed by atoms with Crippen molar-refractivity contribution in [3.63, 3.8) is 0 Å². The Morgan fingerprint density at radius 3 is 2.29 bits per heavy atom. The van der Waals surface area contributed by atoms with Gasteiger partial charge in [0.2, 0.25) is 10.0 Å². The van der Waals surface area contributed by atoms with Crippen molar-refractivity contribution >= 4 is 16.0 Å². The molecule has 1 aliphatic heterocycles. The van der Waals surface area contributed by atoms with Gasteiger partial charge in [0, 0.05) is 13.1 Å². The molecule has 0 saturated carbocycles. The molecule has 0 amide bonds. The summed E-state index contributed by atoms with van der Waals surface area (Å²) in [6.45, 7) is 2.94. The second-order valence-electron chi connectivity index (χ2n) is 4.30. The zero-order valence-corrected chi connectivity index (χ0v) is 10.7. The van der Waals surface area contributed by atoms with E-state index in [0.717, 1.165) is 25.9 Å². The summed E-state index contributed by atoms with van der Waals surface area (Å²) in [7, 11) is -3.67. The van der Waals surface area contributed by atoms with Gasteiger partial charge in [-0.1, -0.05) is 12.8 Å². The van der Waals surface area contributed by atoms with E-state index in [1.165, 1.54) is 12.8 Å². The Labute approximate surface area is 102 Å². The standard InChI is InChI=1S/C10H20N2O4S/c13-10(14)9-17(15,16)11-5-8-12-6-3-1-2-4-7-12/h11H,1-9H2,(H,13,14). The molecule has 1 saturated heterocycles. The Morgan fingerprint density at radius 2 is 1.76 bits per heavy atom. The fourth-order valence-corrected chi connectivity index (χ4v) is 2.76. The predicted octanol–water partition coefficient (Wildman–Crippen LogP) is -0.134. The fraction of sp³-hybridized carbons (Fsp3) is 0.900. The zero-order valence-electron chi connectivity index (χ0n) is 9.89. The Kier molecular flexibility index (Phi) is 5.87. The Hall–Kier alpha value is -0.660. The fourth-order valence-electron chi connectivity index (χ4n) is 1.93. The number of hydrogen-bond acceptors (Lipinski definition) is 4. The molecule has 1 rings (SSSR count). The zero-order chi connectivity index (χ0) is 12.7. The van der Waals surface area contributed by atoms with E-state index in [2.05, 4.69) is 9.62 Å². The summed E-state index contributed by atoms with van der Waals surface area (Å²) in [4.78, 5) is 12.5. The summed E-state index contributed by atoms with van der Waals surface area (Å²) in [6.07, 6.45) is 4.78. The molecule has 0 atom stereocenters. The summed E-state index contributed by atoms with van der Waals surface area (Å²) in [5, 5.41) is 8.40. The number of carbonyl (C=O) groups is 1. The van der Waals surface area contributed by atoms with Crippen LogP contribution >= 0.6 is 0 Å². The molecule has 0 unspecified atom stereocenters. The third kappa shape index (κ3) is 6.60. The monoisotopic (exact) mass is 264 g/mol. The first-order valence-electron chi connectivity index (χ1n) is 5.91. The number of likely N-dealkylation sites (tertiary alicyclic amines) is 1. The second-order valence-corrected chi connectivity index (χ2v) is 6.11. The van der Waals surface area contributed by atoms with Gasteiger partial charge in [0.25, 0.3) is 0 Å². The van der Waals surface area contributed by atoms with Crippen LogP contribution in [0.25, 0.3) is 0 Å². The maximum absolute atomic E-state index is 11.2. The van der Waals surface area contributed by atoms with Gasteiger partial charge in [0.05, 0.1) is 0 Å². The van der Waals surface area contributed by atoms with Crippen molar-refractivity contribution in [1.82, 2.24) is 9.62 Å². The van der Waals surface area contributed by atoms with E-state index < -0.39 is 21.7 Å². The summed E-state index contributed by atoms with van der Waals surface area (Å²) >= 11 is 0. The number of hydrogen-bond donors (Lipinski definition) is 2. The third-order valence-electron chi connectivity index (χ3n) is 2.76. The number of aliphatic carboxylic acids is 1. The highest BCUT2D eigenvalue weighted by Gasteiger charge is 2.15. The number of sulfonamides is 1. The van der Waals surface area contributed by atoms with Crippen molar-refractivity contribution in [3.8, 4) is 0 Å². The van der Waals surface area contributed by atoms with Crippen LogP contribution in [0, 0.1) is 0 Å². The van der Waals surface area contributed by atoms with E-state index in [1.807, 2.05) is 0 Å². The van der Waals surface area contributed by atoms with Crippen molar-refractivity contribution in [2.45, 2.75) is 25.7 Å². The quantitative estimate of drug-likeness (QED) is 0.697. The first-order valence-corrected chi connectivity index (χ1v) is 7.56. The first kappa shape index (κ1) is 14.4. The molecule has 1 fully saturated rings. The third-order valence-corrected chi connectivity index (χ3v) is 4.03. The van der Waals surface area contributed by atoms with Crippen LogP contribution in [0.15, 0.2) is 0 Å². The van der Waals surface area contributed by atoms with Crippen LogP contribution in [0.5, 0.6) is 0 Å².